The van der Waals surface area contributed by atoms with E-state index in [0.717, 1.165) is 12.1 Å². The molecule has 0 saturated heterocycles. The van der Waals surface area contributed by atoms with Crippen molar-refractivity contribution in [2.45, 2.75) is 0 Å². The average Bonchev–Trinajstić information content (AvgIpc) is 2.00. The van der Waals surface area contributed by atoms with Gasteiger partial charge in [-0.05, 0) is 12.1 Å². The molecule has 0 unspecified atom stereocenters. The fourth-order valence-corrected chi connectivity index (χ4v) is 0.747. The third-order valence-electron chi connectivity index (χ3n) is 1.24. The molecule has 1 aromatic carbocycles. The Hall–Kier alpha value is 0.441. The first-order valence-electron chi connectivity index (χ1n) is 3.57. The van der Waals surface area contributed by atoms with E-state index >= 15 is 0 Å². The number of rotatable bonds is 3. The van der Waals surface area contributed by atoms with Crippen molar-refractivity contribution in [1.29, 1.82) is 0 Å². The molecule has 0 radical (unpaired) electrons. The van der Waals surface area contributed by atoms with Crippen molar-refractivity contribution in [2.75, 3.05) is 6.51 Å². The van der Waals surface area contributed by atoms with E-state index in [1.165, 1.54) is 12.1 Å². The molecule has 0 heterocycles. The number of hydrogen-bond acceptors (Lipinski definition) is 1. The van der Waals surface area contributed by atoms with Crippen molar-refractivity contribution in [3.63, 3.8) is 0 Å². The molecule has 7 heteroatoms. The zero-order valence-electron chi connectivity index (χ0n) is 7.51. The molecule has 0 aliphatic rings. The molecule has 0 bridgehead atoms. The van der Waals surface area contributed by atoms with Gasteiger partial charge in [0.1, 0.15) is 11.6 Å². The minimum atomic E-state index is -4.98. The van der Waals surface area contributed by atoms with Crippen LogP contribution in [-0.4, -0.2) is 13.5 Å². The summed E-state index contributed by atoms with van der Waals surface area (Å²) in [5.41, 5.74) is 0. The van der Waals surface area contributed by atoms with Gasteiger partial charge in [0, 0.05) is 6.07 Å². The third kappa shape index (κ3) is 6.02. The van der Waals surface area contributed by atoms with Crippen LogP contribution in [-0.2, 0) is 0 Å². The van der Waals surface area contributed by atoms with E-state index < -0.39 is 19.3 Å². The molecule has 0 saturated carbocycles. The van der Waals surface area contributed by atoms with Gasteiger partial charge in [-0.25, -0.2) is 4.39 Å². The number of benzene rings is 1. The molecule has 0 aromatic heterocycles. The van der Waals surface area contributed by atoms with Crippen LogP contribution in [0.4, 0.5) is 17.3 Å². The molecule has 0 N–H and O–H groups in total. The van der Waals surface area contributed by atoms with Crippen LogP contribution in [0, 0.1) is 5.82 Å². The molecular weight excluding hydrogens is 226 g/mol. The van der Waals surface area contributed by atoms with Crippen molar-refractivity contribution < 1.29 is 73.5 Å². The van der Waals surface area contributed by atoms with Gasteiger partial charge >= 0.3 is 58.4 Å². The van der Waals surface area contributed by atoms with E-state index in [0.29, 0.717) is 0 Å². The Labute approximate surface area is 121 Å². The summed E-state index contributed by atoms with van der Waals surface area (Å²) < 4.78 is 51.8. The molecule has 1 nitrogen and oxygen atoms in total. The van der Waals surface area contributed by atoms with Crippen LogP contribution in [0.2, 0.25) is 0 Å². The third-order valence-corrected chi connectivity index (χ3v) is 1.24. The minimum absolute atomic E-state index is 0. The van der Waals surface area contributed by atoms with Crippen molar-refractivity contribution in [2.24, 2.45) is 0 Å². The van der Waals surface area contributed by atoms with Crippen LogP contribution in [0.3, 0.4) is 0 Å². The van der Waals surface area contributed by atoms with Gasteiger partial charge in [0.15, 0.2) is 0 Å². The Morgan fingerprint density at radius 1 is 1.21 bits per heavy atom. The Morgan fingerprint density at radius 3 is 2.36 bits per heavy atom. The molecule has 0 fully saturated rings. The Bertz CT molecular complexity index is 291. The van der Waals surface area contributed by atoms with E-state index in [2.05, 4.69) is 4.74 Å². The fraction of sp³-hybridized carbons (Fsp3) is 0.143. The van der Waals surface area contributed by atoms with E-state index in [1.807, 2.05) is 0 Å². The zero-order chi connectivity index (χ0) is 9.90. The maximum atomic E-state index is 12.4. The fourth-order valence-electron chi connectivity index (χ4n) is 0.747. The monoisotopic (exact) mass is 232 g/mol. The summed E-state index contributed by atoms with van der Waals surface area (Å²) in [5.74, 6) is -0.730. The second kappa shape index (κ2) is 6.12. The quantitative estimate of drug-likeness (QED) is 0.508. The zero-order valence-corrected chi connectivity index (χ0v) is 10.6. The summed E-state index contributed by atoms with van der Waals surface area (Å²) in [5, 5.41) is 0. The summed E-state index contributed by atoms with van der Waals surface area (Å²) in [7, 11) is 0. The van der Waals surface area contributed by atoms with Crippen LogP contribution in [0.25, 0.3) is 0 Å². The van der Waals surface area contributed by atoms with Crippen LogP contribution in [0.1, 0.15) is 0 Å². The first kappa shape index (κ1) is 14.4. The SMILES string of the molecule is Fc1cccc(OC[B-](F)(F)F)c1.[K+]. The second-order valence-electron chi connectivity index (χ2n) is 2.48. The Balaban J connectivity index is 0.00000169. The molecule has 0 aliphatic heterocycles. The predicted molar refractivity (Wildman–Crippen MR) is 41.0 cm³/mol. The minimum Gasteiger partial charge on any atom is -0.522 e. The predicted octanol–water partition coefficient (Wildman–Crippen LogP) is -0.405. The van der Waals surface area contributed by atoms with Crippen LogP contribution < -0.4 is 56.1 Å². The van der Waals surface area contributed by atoms with Gasteiger partial charge in [0.2, 0.25) is 0 Å². The van der Waals surface area contributed by atoms with Crippen molar-refractivity contribution in [3.8, 4) is 5.75 Å². The molecule has 1 aromatic rings. The average molecular weight is 232 g/mol. The smallest absolute Gasteiger partial charge is 0.522 e. The summed E-state index contributed by atoms with van der Waals surface area (Å²) in [6, 6.07) is 4.59. The summed E-state index contributed by atoms with van der Waals surface area (Å²) in [6.07, 6.45) is 0. The molecule has 1 rings (SSSR count). The van der Waals surface area contributed by atoms with E-state index in [-0.39, 0.29) is 57.1 Å². The largest absolute Gasteiger partial charge is 1.00 e. The molecule has 0 aliphatic carbocycles. The first-order chi connectivity index (χ1) is 5.97. The van der Waals surface area contributed by atoms with Crippen LogP contribution in [0.5, 0.6) is 5.75 Å². The normalized spacial score (nSPS) is 10.6. The summed E-state index contributed by atoms with van der Waals surface area (Å²) >= 11 is 0. The molecular formula is C7H6BF4KO. The molecule has 0 amide bonds. The van der Waals surface area contributed by atoms with E-state index in [1.54, 1.807) is 0 Å². The summed E-state index contributed by atoms with van der Waals surface area (Å²) in [4.78, 5) is 0. The molecule has 14 heavy (non-hydrogen) atoms. The number of hydrogen-bond donors (Lipinski definition) is 0. The molecule has 0 atom stereocenters. The van der Waals surface area contributed by atoms with Crippen LogP contribution in [0.15, 0.2) is 24.3 Å². The van der Waals surface area contributed by atoms with E-state index in [9.17, 15) is 17.3 Å². The van der Waals surface area contributed by atoms with Gasteiger partial charge in [-0.1, -0.05) is 6.07 Å². The van der Waals surface area contributed by atoms with Gasteiger partial charge < -0.3 is 17.7 Å². The van der Waals surface area contributed by atoms with Gasteiger partial charge in [-0.2, -0.15) is 0 Å². The second-order valence-corrected chi connectivity index (χ2v) is 2.48. The van der Waals surface area contributed by atoms with Gasteiger partial charge in [-0.15, -0.1) is 0 Å². The molecule has 72 valence electrons. The van der Waals surface area contributed by atoms with Gasteiger partial charge in [0.05, 0.1) is 6.51 Å². The maximum Gasteiger partial charge on any atom is 1.00 e. The van der Waals surface area contributed by atoms with Crippen molar-refractivity contribution >= 4 is 6.98 Å². The van der Waals surface area contributed by atoms with Crippen LogP contribution >= 0.6 is 0 Å². The standard InChI is InChI=1S/C7H6BF4O.K/c9-6-2-1-3-7(4-6)13-5-8(10,11)12;/h1-4H,5H2;/q-1;+1. The Morgan fingerprint density at radius 2 is 1.86 bits per heavy atom. The number of halogens is 4. The summed E-state index contributed by atoms with van der Waals surface area (Å²) in [6.45, 7) is -6.33. The van der Waals surface area contributed by atoms with E-state index in [4.69, 9.17) is 0 Å². The topological polar surface area (TPSA) is 9.23 Å². The van der Waals surface area contributed by atoms with Gasteiger partial charge in [-0.3, -0.25) is 0 Å². The maximum absolute atomic E-state index is 12.4. The molecule has 0 spiro atoms. The first-order valence-corrected chi connectivity index (χ1v) is 3.57. The van der Waals surface area contributed by atoms with Crippen molar-refractivity contribution in [3.05, 3.63) is 30.1 Å². The Kier molecular flexibility index (Phi) is 6.31. The number of ether oxygens (including phenoxy) is 1. The van der Waals surface area contributed by atoms with Crippen molar-refractivity contribution in [1.82, 2.24) is 0 Å². The van der Waals surface area contributed by atoms with Gasteiger partial charge in [0.25, 0.3) is 0 Å².